The van der Waals surface area contributed by atoms with Crippen molar-refractivity contribution in [1.29, 1.82) is 0 Å². The fraction of sp³-hybridized carbons (Fsp3) is 0.688. The molecule has 1 amide bonds. The summed E-state index contributed by atoms with van der Waals surface area (Å²) in [6.07, 6.45) is 11.4. The molecule has 19 heavy (non-hydrogen) atoms. The molecule has 0 aliphatic heterocycles. The first-order valence-corrected chi connectivity index (χ1v) is 7.41. The largest absolute Gasteiger partial charge is 0.393 e. The lowest BCUT2D eigenvalue weighted by Gasteiger charge is -2.17. The lowest BCUT2D eigenvalue weighted by molar-refractivity contribution is -0.121. The highest BCUT2D eigenvalue weighted by molar-refractivity contribution is 5.75. The molecule has 1 saturated carbocycles. The second-order valence-corrected chi connectivity index (χ2v) is 5.26. The first-order chi connectivity index (χ1) is 9.19. The smallest absolute Gasteiger partial charge is 0.219 e. The second-order valence-electron chi connectivity index (χ2n) is 5.26. The SMILES string of the molecule is C=C[C@H]1CC[C@H](O)[C@@H]1C/C=C\CCCC(=O)NCC. The number of carbonyl (C=O) groups is 1. The van der Waals surface area contributed by atoms with Gasteiger partial charge in [0.2, 0.25) is 5.91 Å². The predicted octanol–water partition coefficient (Wildman–Crippen LogP) is 2.81. The Morgan fingerprint density at radius 3 is 2.89 bits per heavy atom. The van der Waals surface area contributed by atoms with Crippen LogP contribution in [0.3, 0.4) is 0 Å². The number of aliphatic hydroxyl groups is 1. The normalized spacial score (nSPS) is 26.7. The van der Waals surface area contributed by atoms with Crippen molar-refractivity contribution < 1.29 is 9.90 Å². The first kappa shape index (κ1) is 16.0. The van der Waals surface area contributed by atoms with Gasteiger partial charge in [0, 0.05) is 13.0 Å². The zero-order valence-electron chi connectivity index (χ0n) is 12.0. The van der Waals surface area contributed by atoms with Crippen LogP contribution in [0.5, 0.6) is 0 Å². The molecule has 3 heteroatoms. The summed E-state index contributed by atoms with van der Waals surface area (Å²) >= 11 is 0. The summed E-state index contributed by atoms with van der Waals surface area (Å²) in [5.41, 5.74) is 0. The maximum absolute atomic E-state index is 11.2. The van der Waals surface area contributed by atoms with Crippen molar-refractivity contribution in [1.82, 2.24) is 5.32 Å². The van der Waals surface area contributed by atoms with E-state index in [9.17, 15) is 9.90 Å². The number of nitrogens with one attached hydrogen (secondary N) is 1. The Bertz CT molecular complexity index is 312. The Balaban J connectivity index is 2.16. The molecule has 1 aliphatic rings. The van der Waals surface area contributed by atoms with Gasteiger partial charge in [-0.2, -0.15) is 0 Å². The molecule has 0 spiro atoms. The van der Waals surface area contributed by atoms with Crippen molar-refractivity contribution in [3.05, 3.63) is 24.8 Å². The Morgan fingerprint density at radius 1 is 1.42 bits per heavy atom. The van der Waals surface area contributed by atoms with Crippen LogP contribution in [-0.4, -0.2) is 23.7 Å². The summed E-state index contributed by atoms with van der Waals surface area (Å²) in [6, 6.07) is 0. The molecule has 0 unspecified atom stereocenters. The third-order valence-corrected chi connectivity index (χ3v) is 3.87. The van der Waals surface area contributed by atoms with Crippen molar-refractivity contribution in [2.24, 2.45) is 11.8 Å². The molecule has 0 aromatic heterocycles. The van der Waals surface area contributed by atoms with Gasteiger partial charge in [0.05, 0.1) is 6.10 Å². The predicted molar refractivity (Wildman–Crippen MR) is 78.7 cm³/mol. The number of unbranched alkanes of at least 4 members (excludes halogenated alkanes) is 1. The van der Waals surface area contributed by atoms with Gasteiger partial charge in [-0.3, -0.25) is 4.79 Å². The van der Waals surface area contributed by atoms with Crippen LogP contribution in [-0.2, 0) is 4.79 Å². The summed E-state index contributed by atoms with van der Waals surface area (Å²) < 4.78 is 0. The minimum atomic E-state index is -0.178. The number of rotatable bonds is 8. The average Bonchev–Trinajstić information content (AvgIpc) is 2.75. The Kier molecular flexibility index (Phi) is 7.49. The third kappa shape index (κ3) is 5.60. The van der Waals surface area contributed by atoms with E-state index in [0.717, 1.165) is 32.1 Å². The van der Waals surface area contributed by atoms with E-state index in [-0.39, 0.29) is 12.0 Å². The van der Waals surface area contributed by atoms with Gasteiger partial charge >= 0.3 is 0 Å². The van der Waals surface area contributed by atoms with Crippen LogP contribution in [0, 0.1) is 11.8 Å². The van der Waals surface area contributed by atoms with Gasteiger partial charge < -0.3 is 10.4 Å². The van der Waals surface area contributed by atoms with Gasteiger partial charge in [0.15, 0.2) is 0 Å². The molecule has 0 saturated heterocycles. The van der Waals surface area contributed by atoms with E-state index in [1.54, 1.807) is 0 Å². The van der Waals surface area contributed by atoms with Gasteiger partial charge in [-0.05, 0) is 50.9 Å². The van der Waals surface area contributed by atoms with E-state index in [1.807, 2.05) is 13.0 Å². The van der Waals surface area contributed by atoms with E-state index >= 15 is 0 Å². The minimum absolute atomic E-state index is 0.133. The van der Waals surface area contributed by atoms with Crippen LogP contribution in [0.25, 0.3) is 0 Å². The quantitative estimate of drug-likeness (QED) is 0.524. The number of hydrogen-bond acceptors (Lipinski definition) is 2. The molecule has 0 radical (unpaired) electrons. The molecule has 108 valence electrons. The molecule has 0 aromatic carbocycles. The molecule has 0 heterocycles. The van der Waals surface area contributed by atoms with Gasteiger partial charge in [0.25, 0.3) is 0 Å². The number of hydrogen-bond donors (Lipinski definition) is 2. The van der Waals surface area contributed by atoms with Crippen LogP contribution < -0.4 is 5.32 Å². The first-order valence-electron chi connectivity index (χ1n) is 7.41. The summed E-state index contributed by atoms with van der Waals surface area (Å²) in [5.74, 6) is 0.918. The molecular weight excluding hydrogens is 238 g/mol. The topological polar surface area (TPSA) is 49.3 Å². The average molecular weight is 265 g/mol. The van der Waals surface area contributed by atoms with Crippen molar-refractivity contribution in [3.63, 3.8) is 0 Å². The summed E-state index contributed by atoms with van der Waals surface area (Å²) in [4.78, 5) is 11.2. The maximum atomic E-state index is 11.2. The molecule has 3 atom stereocenters. The Morgan fingerprint density at radius 2 is 2.21 bits per heavy atom. The van der Waals surface area contributed by atoms with E-state index in [4.69, 9.17) is 0 Å². The van der Waals surface area contributed by atoms with Crippen molar-refractivity contribution in [3.8, 4) is 0 Å². The standard InChI is InChI=1S/C16H27NO2/c1-3-13-11-12-15(18)14(13)9-7-5-6-8-10-16(19)17-4-2/h3,5,7,13-15,18H,1,4,6,8-12H2,2H3,(H,17,19)/b7-5-/t13-,14+,15-/m0/s1. The van der Waals surface area contributed by atoms with Crippen LogP contribution in [0.15, 0.2) is 24.8 Å². The highest BCUT2D eigenvalue weighted by Crippen LogP contribution is 2.35. The van der Waals surface area contributed by atoms with Crippen LogP contribution in [0.4, 0.5) is 0 Å². The van der Waals surface area contributed by atoms with E-state index in [1.165, 1.54) is 0 Å². The molecular formula is C16H27NO2. The number of carbonyl (C=O) groups excluding carboxylic acids is 1. The molecule has 2 N–H and O–H groups in total. The van der Waals surface area contributed by atoms with Crippen molar-refractivity contribution >= 4 is 5.91 Å². The molecule has 1 fully saturated rings. The second kappa shape index (κ2) is 8.92. The molecule has 1 aliphatic carbocycles. The zero-order chi connectivity index (χ0) is 14.1. The van der Waals surface area contributed by atoms with E-state index < -0.39 is 0 Å². The van der Waals surface area contributed by atoms with Crippen LogP contribution >= 0.6 is 0 Å². The van der Waals surface area contributed by atoms with E-state index in [0.29, 0.717) is 24.8 Å². The van der Waals surface area contributed by atoms with Crippen LogP contribution in [0.1, 0.15) is 45.4 Å². The Labute approximate surface area is 116 Å². The van der Waals surface area contributed by atoms with Crippen LogP contribution in [0.2, 0.25) is 0 Å². The third-order valence-electron chi connectivity index (χ3n) is 3.87. The molecule has 0 aromatic rings. The fourth-order valence-corrected chi connectivity index (χ4v) is 2.74. The van der Waals surface area contributed by atoms with Gasteiger partial charge in [-0.25, -0.2) is 0 Å². The minimum Gasteiger partial charge on any atom is -0.393 e. The zero-order valence-corrected chi connectivity index (χ0v) is 12.0. The summed E-state index contributed by atoms with van der Waals surface area (Å²) in [7, 11) is 0. The highest BCUT2D eigenvalue weighted by Gasteiger charge is 2.31. The van der Waals surface area contributed by atoms with E-state index in [2.05, 4.69) is 24.0 Å². The fourth-order valence-electron chi connectivity index (χ4n) is 2.74. The molecule has 0 bridgehead atoms. The highest BCUT2D eigenvalue weighted by atomic mass is 16.3. The lowest BCUT2D eigenvalue weighted by atomic mass is 9.91. The van der Waals surface area contributed by atoms with Gasteiger partial charge in [-0.15, -0.1) is 6.58 Å². The molecule has 1 rings (SSSR count). The van der Waals surface area contributed by atoms with Gasteiger partial charge in [-0.1, -0.05) is 18.2 Å². The van der Waals surface area contributed by atoms with Crippen molar-refractivity contribution in [2.75, 3.05) is 6.54 Å². The number of amides is 1. The molecule has 3 nitrogen and oxygen atoms in total. The number of aliphatic hydroxyl groups excluding tert-OH is 1. The lowest BCUT2D eigenvalue weighted by Crippen LogP contribution is -2.21. The maximum Gasteiger partial charge on any atom is 0.219 e. The monoisotopic (exact) mass is 265 g/mol. The Hall–Kier alpha value is -1.09. The van der Waals surface area contributed by atoms with Gasteiger partial charge in [0.1, 0.15) is 0 Å². The van der Waals surface area contributed by atoms with Crippen molar-refractivity contribution in [2.45, 2.75) is 51.6 Å². The summed E-state index contributed by atoms with van der Waals surface area (Å²) in [5, 5.41) is 12.7. The number of allylic oxidation sites excluding steroid dienone is 3. The summed E-state index contributed by atoms with van der Waals surface area (Å²) in [6.45, 7) is 6.48.